The molecule has 0 aliphatic carbocycles. The average Bonchev–Trinajstić information content (AvgIpc) is 2.85. The van der Waals surface area contributed by atoms with Crippen LogP contribution in [0.15, 0.2) is 53.4 Å². The van der Waals surface area contributed by atoms with Gasteiger partial charge in [-0.15, -0.1) is 0 Å². The number of carbonyl (C=O) groups excluding carboxylic acids is 2. The van der Waals surface area contributed by atoms with Gasteiger partial charge in [0, 0.05) is 3.57 Å². The van der Waals surface area contributed by atoms with Gasteiger partial charge in [0.2, 0.25) is 0 Å². The van der Waals surface area contributed by atoms with Crippen molar-refractivity contribution in [3.05, 3.63) is 73.7 Å². The molecule has 25 heavy (non-hydrogen) atoms. The van der Waals surface area contributed by atoms with Crippen LogP contribution in [0, 0.1) is 3.57 Å². The molecule has 0 aromatic heterocycles. The first kappa shape index (κ1) is 18.2. The third-order valence-electron chi connectivity index (χ3n) is 4.03. The first-order valence-corrected chi connectivity index (χ1v) is 9.93. The van der Waals surface area contributed by atoms with E-state index in [4.69, 9.17) is 0 Å². The van der Waals surface area contributed by atoms with Gasteiger partial charge in [-0.25, -0.2) is 0 Å². The average molecular weight is 463 g/mol. The molecular formula is C20H18INO2S. The molecule has 0 radical (unpaired) electrons. The largest absolute Gasteiger partial charge is 0.293 e. The third-order valence-corrected chi connectivity index (χ3v) is 5.65. The van der Waals surface area contributed by atoms with Crippen LogP contribution in [-0.2, 0) is 11.3 Å². The second kappa shape index (κ2) is 7.74. The van der Waals surface area contributed by atoms with Crippen LogP contribution in [0.4, 0.5) is 4.79 Å². The van der Waals surface area contributed by atoms with E-state index in [9.17, 15) is 9.59 Å². The normalized spacial score (nSPS) is 16.3. The van der Waals surface area contributed by atoms with Gasteiger partial charge in [-0.2, -0.15) is 0 Å². The van der Waals surface area contributed by atoms with Crippen molar-refractivity contribution in [2.24, 2.45) is 0 Å². The van der Waals surface area contributed by atoms with E-state index in [1.54, 1.807) is 6.08 Å². The summed E-state index contributed by atoms with van der Waals surface area (Å²) in [5.41, 5.74) is 3.14. The number of hydrogen-bond acceptors (Lipinski definition) is 3. The monoisotopic (exact) mass is 463 g/mol. The highest BCUT2D eigenvalue weighted by Crippen LogP contribution is 2.33. The lowest BCUT2D eigenvalue weighted by molar-refractivity contribution is -0.123. The molecule has 2 aromatic carbocycles. The first-order chi connectivity index (χ1) is 11.9. The molecule has 0 spiro atoms. The van der Waals surface area contributed by atoms with Gasteiger partial charge < -0.3 is 0 Å². The van der Waals surface area contributed by atoms with E-state index in [0.717, 1.165) is 26.5 Å². The number of amides is 2. The van der Waals surface area contributed by atoms with Crippen LogP contribution in [0.1, 0.15) is 36.5 Å². The molecule has 1 fully saturated rings. The molecule has 1 aliphatic heterocycles. The molecule has 1 heterocycles. The van der Waals surface area contributed by atoms with Crippen LogP contribution < -0.4 is 0 Å². The quantitative estimate of drug-likeness (QED) is 0.435. The summed E-state index contributed by atoms with van der Waals surface area (Å²) >= 11 is 3.24. The Morgan fingerprint density at radius 3 is 2.28 bits per heavy atom. The number of halogens is 1. The maximum absolute atomic E-state index is 12.6. The molecule has 1 saturated heterocycles. The molecule has 5 heteroatoms. The number of benzene rings is 2. The summed E-state index contributed by atoms with van der Waals surface area (Å²) in [6.45, 7) is 4.60. The fraction of sp³-hybridized carbons (Fsp3) is 0.200. The van der Waals surface area contributed by atoms with Crippen molar-refractivity contribution < 1.29 is 9.59 Å². The van der Waals surface area contributed by atoms with Crippen molar-refractivity contribution in [3.8, 4) is 0 Å². The molecule has 0 N–H and O–H groups in total. The van der Waals surface area contributed by atoms with Gasteiger partial charge in [0.1, 0.15) is 0 Å². The zero-order valence-corrected chi connectivity index (χ0v) is 17.0. The molecule has 0 atom stereocenters. The maximum Gasteiger partial charge on any atom is 0.293 e. The highest BCUT2D eigenvalue weighted by atomic mass is 127. The van der Waals surface area contributed by atoms with Crippen molar-refractivity contribution >= 4 is 51.6 Å². The Morgan fingerprint density at radius 1 is 1.04 bits per heavy atom. The Kier molecular flexibility index (Phi) is 5.64. The number of rotatable bonds is 4. The van der Waals surface area contributed by atoms with Crippen molar-refractivity contribution in [2.45, 2.75) is 26.3 Å². The van der Waals surface area contributed by atoms with Crippen molar-refractivity contribution in [1.29, 1.82) is 0 Å². The second-order valence-corrected chi connectivity index (χ2v) is 8.45. The Balaban J connectivity index is 1.77. The lowest BCUT2D eigenvalue weighted by atomic mass is 10.0. The minimum atomic E-state index is -0.221. The molecule has 0 saturated carbocycles. The molecule has 3 nitrogen and oxygen atoms in total. The minimum Gasteiger partial charge on any atom is -0.268 e. The molecule has 2 amide bonds. The maximum atomic E-state index is 12.6. The molecule has 3 rings (SSSR count). The van der Waals surface area contributed by atoms with Crippen LogP contribution in [-0.4, -0.2) is 16.0 Å². The molecular weight excluding hydrogens is 445 g/mol. The van der Waals surface area contributed by atoms with E-state index in [1.165, 1.54) is 10.5 Å². The van der Waals surface area contributed by atoms with Crippen LogP contribution in [0.2, 0.25) is 0 Å². The Hall–Kier alpha value is -1.60. The van der Waals surface area contributed by atoms with E-state index in [-0.39, 0.29) is 11.1 Å². The van der Waals surface area contributed by atoms with Gasteiger partial charge >= 0.3 is 0 Å². The molecule has 0 bridgehead atoms. The predicted octanol–water partition coefficient (Wildman–Crippen LogP) is 5.65. The number of nitrogens with zero attached hydrogens (tertiary/aromatic N) is 1. The molecule has 2 aromatic rings. The highest BCUT2D eigenvalue weighted by Gasteiger charge is 2.34. The number of thioether (sulfide) groups is 1. The summed E-state index contributed by atoms with van der Waals surface area (Å²) in [7, 11) is 0. The Morgan fingerprint density at radius 2 is 1.68 bits per heavy atom. The van der Waals surface area contributed by atoms with E-state index in [0.29, 0.717) is 17.4 Å². The zero-order valence-electron chi connectivity index (χ0n) is 14.0. The van der Waals surface area contributed by atoms with Crippen molar-refractivity contribution in [1.82, 2.24) is 4.90 Å². The number of carbonyl (C=O) groups is 2. The second-order valence-electron chi connectivity index (χ2n) is 6.22. The Bertz CT molecular complexity index is 826. The Labute approximate surface area is 165 Å². The topological polar surface area (TPSA) is 37.4 Å². The summed E-state index contributed by atoms with van der Waals surface area (Å²) in [5, 5.41) is -0.214. The summed E-state index contributed by atoms with van der Waals surface area (Å²) in [6, 6.07) is 15.9. The van der Waals surface area contributed by atoms with Crippen molar-refractivity contribution in [2.75, 3.05) is 0 Å². The fourth-order valence-corrected chi connectivity index (χ4v) is 3.74. The zero-order chi connectivity index (χ0) is 18.0. The van der Waals surface area contributed by atoms with E-state index < -0.39 is 0 Å². The molecule has 128 valence electrons. The van der Waals surface area contributed by atoms with Crippen LogP contribution in [0.5, 0.6) is 0 Å². The van der Waals surface area contributed by atoms with E-state index in [1.807, 2.05) is 36.4 Å². The fourth-order valence-electron chi connectivity index (χ4n) is 2.54. The predicted molar refractivity (Wildman–Crippen MR) is 111 cm³/mol. The summed E-state index contributed by atoms with van der Waals surface area (Å²) in [6.07, 6.45) is 1.79. The van der Waals surface area contributed by atoms with Gasteiger partial charge in [-0.3, -0.25) is 14.5 Å². The van der Waals surface area contributed by atoms with Gasteiger partial charge in [-0.1, -0.05) is 50.2 Å². The highest BCUT2D eigenvalue weighted by molar-refractivity contribution is 14.1. The standard InChI is InChI=1S/C20H18INO2S/c1-13(2)16-7-3-14(4-8-16)11-18-19(23)22(20(24)25-18)12-15-5-9-17(21)10-6-15/h3-11,13H,12H2,1-2H3/b18-11+. The molecule has 0 unspecified atom stereocenters. The number of hydrogen-bond donors (Lipinski definition) is 0. The summed E-state index contributed by atoms with van der Waals surface area (Å²) < 4.78 is 1.13. The van der Waals surface area contributed by atoms with Crippen molar-refractivity contribution in [3.63, 3.8) is 0 Å². The van der Waals surface area contributed by atoms with Crippen LogP contribution in [0.25, 0.3) is 6.08 Å². The van der Waals surface area contributed by atoms with Crippen LogP contribution in [0.3, 0.4) is 0 Å². The summed E-state index contributed by atoms with van der Waals surface area (Å²) in [5.74, 6) is 0.247. The van der Waals surface area contributed by atoms with Gasteiger partial charge in [-0.05, 0) is 75.2 Å². The minimum absolute atomic E-state index is 0.214. The van der Waals surface area contributed by atoms with Gasteiger partial charge in [0.25, 0.3) is 11.1 Å². The van der Waals surface area contributed by atoms with E-state index >= 15 is 0 Å². The number of imide groups is 1. The smallest absolute Gasteiger partial charge is 0.268 e. The van der Waals surface area contributed by atoms with Crippen LogP contribution >= 0.6 is 34.4 Å². The van der Waals surface area contributed by atoms with Gasteiger partial charge in [0.15, 0.2) is 0 Å². The lowest BCUT2D eigenvalue weighted by Crippen LogP contribution is -2.27. The third kappa shape index (κ3) is 4.33. The molecule has 1 aliphatic rings. The van der Waals surface area contributed by atoms with Gasteiger partial charge in [0.05, 0.1) is 11.4 Å². The summed E-state index contributed by atoms with van der Waals surface area (Å²) in [4.78, 5) is 26.6. The SMILES string of the molecule is CC(C)c1ccc(/C=C2/SC(=O)N(Cc3ccc(I)cc3)C2=O)cc1. The lowest BCUT2D eigenvalue weighted by Gasteiger charge is -2.12. The first-order valence-electron chi connectivity index (χ1n) is 8.04. The van der Waals surface area contributed by atoms with E-state index in [2.05, 4.69) is 48.6 Å².